The van der Waals surface area contributed by atoms with Gasteiger partial charge in [0.15, 0.2) is 0 Å². The number of thiophene rings is 1. The minimum atomic E-state index is 0.371. The van der Waals surface area contributed by atoms with E-state index >= 15 is 0 Å². The van der Waals surface area contributed by atoms with Gasteiger partial charge in [0.25, 0.3) is 0 Å². The van der Waals surface area contributed by atoms with Gasteiger partial charge in [-0.2, -0.15) is 0 Å². The lowest BCUT2D eigenvalue weighted by molar-refractivity contribution is 0.255. The van der Waals surface area contributed by atoms with Crippen molar-refractivity contribution in [3.8, 4) is 0 Å². The SMILES string of the molecule is CCc1ccc(CN(C)C(C)c2cccc(N)c2)s1. The van der Waals surface area contributed by atoms with Gasteiger partial charge in [0.2, 0.25) is 0 Å². The number of benzene rings is 1. The molecule has 2 rings (SSSR count). The average Bonchev–Trinajstić information content (AvgIpc) is 2.85. The highest BCUT2D eigenvalue weighted by molar-refractivity contribution is 7.11. The number of nitrogens with two attached hydrogens (primary N) is 1. The lowest BCUT2D eigenvalue weighted by Gasteiger charge is -2.24. The summed E-state index contributed by atoms with van der Waals surface area (Å²) in [4.78, 5) is 5.25. The first-order valence-electron chi connectivity index (χ1n) is 6.73. The van der Waals surface area contributed by atoms with E-state index in [1.54, 1.807) is 0 Å². The fourth-order valence-electron chi connectivity index (χ4n) is 2.15. The van der Waals surface area contributed by atoms with Crippen molar-refractivity contribution >= 4 is 17.0 Å². The summed E-state index contributed by atoms with van der Waals surface area (Å²) in [7, 11) is 2.17. The van der Waals surface area contributed by atoms with Crippen LogP contribution in [-0.2, 0) is 13.0 Å². The highest BCUT2D eigenvalue weighted by atomic mass is 32.1. The number of aryl methyl sites for hydroxylation is 1. The van der Waals surface area contributed by atoms with Gasteiger partial charge in [0.05, 0.1) is 0 Å². The zero-order chi connectivity index (χ0) is 13.8. The van der Waals surface area contributed by atoms with E-state index in [0.717, 1.165) is 18.7 Å². The number of nitrogens with zero attached hydrogens (tertiary/aromatic N) is 1. The summed E-state index contributed by atoms with van der Waals surface area (Å²) in [6.45, 7) is 5.42. The Bertz CT molecular complexity index is 533. The Hall–Kier alpha value is -1.32. The first-order valence-corrected chi connectivity index (χ1v) is 7.55. The van der Waals surface area contributed by atoms with E-state index in [4.69, 9.17) is 5.73 Å². The second-order valence-corrected chi connectivity index (χ2v) is 6.24. The molecular formula is C16H22N2S. The Morgan fingerprint density at radius 2 is 1.95 bits per heavy atom. The van der Waals surface area contributed by atoms with Crippen LogP contribution in [0.4, 0.5) is 5.69 Å². The number of anilines is 1. The zero-order valence-corrected chi connectivity index (χ0v) is 12.7. The number of hydrogen-bond donors (Lipinski definition) is 1. The molecule has 2 nitrogen and oxygen atoms in total. The number of hydrogen-bond acceptors (Lipinski definition) is 3. The van der Waals surface area contributed by atoms with Crippen LogP contribution < -0.4 is 5.73 Å². The maximum absolute atomic E-state index is 5.85. The van der Waals surface area contributed by atoms with E-state index in [1.165, 1.54) is 15.3 Å². The summed E-state index contributed by atoms with van der Waals surface area (Å²) in [6, 6.07) is 13.0. The molecule has 2 N–H and O–H groups in total. The summed E-state index contributed by atoms with van der Waals surface area (Å²) >= 11 is 1.91. The maximum Gasteiger partial charge on any atom is 0.0331 e. The molecule has 0 amide bonds. The third kappa shape index (κ3) is 3.58. The predicted octanol–water partition coefficient (Wildman–Crippen LogP) is 4.09. The second-order valence-electron chi connectivity index (χ2n) is 4.98. The molecule has 3 heteroatoms. The fraction of sp³-hybridized carbons (Fsp3) is 0.375. The molecule has 0 aliphatic heterocycles. The molecule has 0 bridgehead atoms. The Labute approximate surface area is 119 Å². The average molecular weight is 274 g/mol. The molecule has 0 fully saturated rings. The van der Waals surface area contributed by atoms with Gasteiger partial charge < -0.3 is 5.73 Å². The van der Waals surface area contributed by atoms with E-state index in [-0.39, 0.29) is 0 Å². The lowest BCUT2D eigenvalue weighted by atomic mass is 10.1. The molecule has 102 valence electrons. The van der Waals surface area contributed by atoms with E-state index in [1.807, 2.05) is 23.5 Å². The van der Waals surface area contributed by atoms with Crippen LogP contribution in [0, 0.1) is 0 Å². The summed E-state index contributed by atoms with van der Waals surface area (Å²) < 4.78 is 0. The van der Waals surface area contributed by atoms with Crippen molar-refractivity contribution in [1.29, 1.82) is 0 Å². The predicted molar refractivity (Wildman–Crippen MR) is 84.4 cm³/mol. The van der Waals surface area contributed by atoms with Gasteiger partial charge in [-0.1, -0.05) is 19.1 Å². The number of rotatable bonds is 5. The molecular weight excluding hydrogens is 252 g/mol. The molecule has 1 unspecified atom stereocenters. The molecule has 0 aliphatic carbocycles. The maximum atomic E-state index is 5.85. The molecule has 1 atom stereocenters. The third-order valence-corrected chi connectivity index (χ3v) is 4.74. The van der Waals surface area contributed by atoms with Crippen LogP contribution >= 0.6 is 11.3 Å². The Balaban J connectivity index is 2.04. The molecule has 1 aromatic carbocycles. The van der Waals surface area contributed by atoms with Crippen molar-refractivity contribution in [3.05, 3.63) is 51.7 Å². The van der Waals surface area contributed by atoms with Crippen LogP contribution in [0.1, 0.15) is 35.2 Å². The summed E-state index contributed by atoms with van der Waals surface area (Å²) in [5.41, 5.74) is 7.96. The number of nitrogen functional groups attached to an aromatic ring is 1. The standard InChI is InChI=1S/C16H22N2S/c1-4-15-8-9-16(19-15)11-18(3)12(2)13-6-5-7-14(17)10-13/h5-10,12H,4,11,17H2,1-3H3. The second kappa shape index (κ2) is 6.22. The van der Waals surface area contributed by atoms with Gasteiger partial charge in [-0.05, 0) is 50.2 Å². The Kier molecular flexibility index (Phi) is 4.61. The topological polar surface area (TPSA) is 29.3 Å². The van der Waals surface area contributed by atoms with Crippen LogP contribution in [0.15, 0.2) is 36.4 Å². The normalized spacial score (nSPS) is 12.8. The van der Waals surface area contributed by atoms with Crippen LogP contribution in [0.5, 0.6) is 0 Å². The molecule has 1 aromatic heterocycles. The summed E-state index contributed by atoms with van der Waals surface area (Å²) in [6.07, 6.45) is 1.12. The van der Waals surface area contributed by atoms with Gasteiger partial charge in [0, 0.05) is 28.0 Å². The van der Waals surface area contributed by atoms with Crippen molar-refractivity contribution in [2.24, 2.45) is 0 Å². The molecule has 0 spiro atoms. The van der Waals surface area contributed by atoms with E-state index in [9.17, 15) is 0 Å². The molecule has 0 saturated carbocycles. The van der Waals surface area contributed by atoms with Crippen LogP contribution in [0.2, 0.25) is 0 Å². The Morgan fingerprint density at radius 1 is 1.21 bits per heavy atom. The largest absolute Gasteiger partial charge is 0.399 e. The molecule has 0 aliphatic rings. The molecule has 1 heterocycles. The van der Waals surface area contributed by atoms with Crippen LogP contribution in [0.25, 0.3) is 0 Å². The smallest absolute Gasteiger partial charge is 0.0331 e. The van der Waals surface area contributed by atoms with Gasteiger partial charge >= 0.3 is 0 Å². The first kappa shape index (κ1) is 14.1. The highest BCUT2D eigenvalue weighted by Gasteiger charge is 2.13. The molecule has 0 radical (unpaired) electrons. The van der Waals surface area contributed by atoms with Crippen molar-refractivity contribution < 1.29 is 0 Å². The minimum Gasteiger partial charge on any atom is -0.399 e. The van der Waals surface area contributed by atoms with Crippen LogP contribution in [-0.4, -0.2) is 11.9 Å². The first-order chi connectivity index (χ1) is 9.10. The van der Waals surface area contributed by atoms with E-state index < -0.39 is 0 Å². The minimum absolute atomic E-state index is 0.371. The van der Waals surface area contributed by atoms with Gasteiger partial charge in [0.1, 0.15) is 0 Å². The third-order valence-electron chi connectivity index (χ3n) is 3.53. The van der Waals surface area contributed by atoms with Gasteiger partial charge in [-0.25, -0.2) is 0 Å². The summed E-state index contributed by atoms with van der Waals surface area (Å²) in [5.74, 6) is 0. The van der Waals surface area contributed by atoms with Gasteiger partial charge in [-0.15, -0.1) is 11.3 Å². The lowest BCUT2D eigenvalue weighted by Crippen LogP contribution is -2.21. The highest BCUT2D eigenvalue weighted by Crippen LogP contribution is 2.25. The monoisotopic (exact) mass is 274 g/mol. The Morgan fingerprint density at radius 3 is 2.58 bits per heavy atom. The van der Waals surface area contributed by atoms with Crippen molar-refractivity contribution in [1.82, 2.24) is 4.90 Å². The quantitative estimate of drug-likeness (QED) is 0.832. The van der Waals surface area contributed by atoms with Crippen molar-refractivity contribution in [2.45, 2.75) is 32.9 Å². The van der Waals surface area contributed by atoms with Crippen molar-refractivity contribution in [3.63, 3.8) is 0 Å². The van der Waals surface area contributed by atoms with E-state index in [0.29, 0.717) is 6.04 Å². The molecule has 0 saturated heterocycles. The fourth-order valence-corrected chi connectivity index (χ4v) is 3.17. The van der Waals surface area contributed by atoms with E-state index in [2.05, 4.69) is 50.1 Å². The van der Waals surface area contributed by atoms with Crippen LogP contribution in [0.3, 0.4) is 0 Å². The molecule has 19 heavy (non-hydrogen) atoms. The van der Waals surface area contributed by atoms with Gasteiger partial charge in [-0.3, -0.25) is 4.90 Å². The summed E-state index contributed by atoms with van der Waals surface area (Å²) in [5, 5.41) is 0. The molecule has 2 aromatic rings. The van der Waals surface area contributed by atoms with Crippen molar-refractivity contribution in [2.75, 3.05) is 12.8 Å². The zero-order valence-electron chi connectivity index (χ0n) is 11.9.